The van der Waals surface area contributed by atoms with E-state index in [0.29, 0.717) is 23.6 Å². The second-order valence-electron chi connectivity index (χ2n) is 6.78. The summed E-state index contributed by atoms with van der Waals surface area (Å²) < 4.78 is 13.1. The van der Waals surface area contributed by atoms with Gasteiger partial charge in [0.25, 0.3) is 0 Å². The molecule has 3 rings (SSSR count). The molecule has 7 heteroatoms. The summed E-state index contributed by atoms with van der Waals surface area (Å²) in [6, 6.07) is 6.41. The van der Waals surface area contributed by atoms with Crippen molar-refractivity contribution >= 4 is 11.8 Å². The van der Waals surface area contributed by atoms with E-state index in [9.17, 15) is 14.3 Å². The lowest BCUT2D eigenvalue weighted by Crippen LogP contribution is -2.37. The molecule has 0 bridgehead atoms. The molecule has 0 aliphatic carbocycles. The van der Waals surface area contributed by atoms with Crippen molar-refractivity contribution in [1.82, 2.24) is 14.9 Å². The van der Waals surface area contributed by atoms with E-state index in [1.165, 1.54) is 12.1 Å². The zero-order valence-corrected chi connectivity index (χ0v) is 15.0. The smallest absolute Gasteiger partial charge is 0.356 e. The summed E-state index contributed by atoms with van der Waals surface area (Å²) in [4.78, 5) is 22.5. The van der Waals surface area contributed by atoms with Crippen LogP contribution in [0.2, 0.25) is 0 Å². The Morgan fingerprint density at radius 3 is 2.54 bits per heavy atom. The highest BCUT2D eigenvalue weighted by molar-refractivity contribution is 5.86. The Bertz CT molecular complexity index is 787. The molecular weight excluding hydrogens is 335 g/mol. The van der Waals surface area contributed by atoms with Crippen LogP contribution in [0.1, 0.15) is 40.3 Å². The van der Waals surface area contributed by atoms with Gasteiger partial charge in [0.15, 0.2) is 5.69 Å². The van der Waals surface area contributed by atoms with E-state index >= 15 is 0 Å². The average molecular weight is 358 g/mol. The monoisotopic (exact) mass is 358 g/mol. The number of nitrogens with zero attached hydrogens (tertiary/aromatic N) is 3. The van der Waals surface area contributed by atoms with Gasteiger partial charge in [-0.1, -0.05) is 12.1 Å². The Morgan fingerprint density at radius 1 is 1.27 bits per heavy atom. The quantitative estimate of drug-likeness (QED) is 0.856. The molecule has 138 valence electrons. The highest BCUT2D eigenvalue weighted by atomic mass is 19.1. The lowest BCUT2D eigenvalue weighted by atomic mass is 10.0. The van der Waals surface area contributed by atoms with Gasteiger partial charge in [0.2, 0.25) is 0 Å². The standard InChI is InChI=1S/C19H23FN4O2/c1-12-17(19(25)26)23-16(11-13-3-5-14(20)6-4-13)18(21-12)22-15-7-9-24(2)10-8-15/h3-6,15H,7-11H2,1-2H3,(H,21,22)(H,25,26). The molecule has 26 heavy (non-hydrogen) atoms. The van der Waals surface area contributed by atoms with Gasteiger partial charge < -0.3 is 15.3 Å². The lowest BCUT2D eigenvalue weighted by molar-refractivity contribution is 0.0688. The van der Waals surface area contributed by atoms with Crippen molar-refractivity contribution in [2.75, 3.05) is 25.5 Å². The van der Waals surface area contributed by atoms with Gasteiger partial charge in [-0.05, 0) is 57.6 Å². The average Bonchev–Trinajstić information content (AvgIpc) is 2.60. The van der Waals surface area contributed by atoms with Gasteiger partial charge in [0.1, 0.15) is 11.6 Å². The number of likely N-dealkylation sites (tertiary alicyclic amines) is 1. The van der Waals surface area contributed by atoms with Crippen LogP contribution >= 0.6 is 0 Å². The highest BCUT2D eigenvalue weighted by Gasteiger charge is 2.21. The van der Waals surface area contributed by atoms with Crippen LogP contribution in [-0.4, -0.2) is 52.1 Å². The molecule has 1 aromatic heterocycles. The first kappa shape index (κ1) is 18.3. The number of carboxylic acids is 1. The first-order valence-electron chi connectivity index (χ1n) is 8.72. The molecule has 0 unspecified atom stereocenters. The Kier molecular flexibility index (Phi) is 5.46. The predicted octanol–water partition coefficient (Wildman–Crippen LogP) is 2.72. The molecule has 0 saturated carbocycles. The molecule has 0 spiro atoms. The molecule has 1 aliphatic heterocycles. The number of nitrogens with one attached hydrogen (secondary N) is 1. The van der Waals surface area contributed by atoms with Crippen LogP contribution in [0.15, 0.2) is 24.3 Å². The minimum Gasteiger partial charge on any atom is -0.476 e. The molecule has 0 amide bonds. The molecular formula is C19H23FN4O2. The van der Waals surface area contributed by atoms with E-state index in [0.717, 1.165) is 31.5 Å². The molecule has 1 saturated heterocycles. The number of halogens is 1. The number of carboxylic acid groups (broad SMARTS) is 1. The van der Waals surface area contributed by atoms with Crippen LogP contribution in [0.3, 0.4) is 0 Å². The zero-order valence-electron chi connectivity index (χ0n) is 15.0. The Morgan fingerprint density at radius 2 is 1.92 bits per heavy atom. The SMILES string of the molecule is Cc1nc(NC2CCN(C)CC2)c(Cc2ccc(F)cc2)nc1C(=O)O. The summed E-state index contributed by atoms with van der Waals surface area (Å²) in [6.45, 7) is 3.66. The lowest BCUT2D eigenvalue weighted by Gasteiger charge is -2.30. The topological polar surface area (TPSA) is 78.4 Å². The molecule has 2 heterocycles. The molecule has 0 radical (unpaired) electrons. The third-order valence-corrected chi connectivity index (χ3v) is 4.69. The Balaban J connectivity index is 1.89. The maximum Gasteiger partial charge on any atom is 0.356 e. The summed E-state index contributed by atoms with van der Waals surface area (Å²) in [6.07, 6.45) is 2.38. The van der Waals surface area contributed by atoms with E-state index in [-0.39, 0.29) is 17.6 Å². The summed E-state index contributed by atoms with van der Waals surface area (Å²) in [5.74, 6) is -0.785. The first-order chi connectivity index (χ1) is 12.4. The number of aryl methyl sites for hydroxylation is 1. The Labute approximate surface area is 152 Å². The molecule has 1 fully saturated rings. The number of hydrogen-bond donors (Lipinski definition) is 2. The van der Waals surface area contributed by atoms with E-state index in [1.54, 1.807) is 19.1 Å². The third-order valence-electron chi connectivity index (χ3n) is 4.69. The van der Waals surface area contributed by atoms with Crippen molar-refractivity contribution < 1.29 is 14.3 Å². The van der Waals surface area contributed by atoms with Gasteiger partial charge in [-0.15, -0.1) is 0 Å². The van der Waals surface area contributed by atoms with Gasteiger partial charge in [-0.2, -0.15) is 0 Å². The van der Waals surface area contributed by atoms with Crippen molar-refractivity contribution in [3.05, 3.63) is 52.7 Å². The van der Waals surface area contributed by atoms with Gasteiger partial charge in [-0.3, -0.25) is 0 Å². The minimum atomic E-state index is -1.10. The molecule has 6 nitrogen and oxygen atoms in total. The zero-order chi connectivity index (χ0) is 18.7. The van der Waals surface area contributed by atoms with E-state index in [1.807, 2.05) is 0 Å². The molecule has 2 aromatic rings. The first-order valence-corrected chi connectivity index (χ1v) is 8.72. The van der Waals surface area contributed by atoms with E-state index in [4.69, 9.17) is 0 Å². The largest absolute Gasteiger partial charge is 0.476 e. The van der Waals surface area contributed by atoms with Crippen molar-refractivity contribution in [3.63, 3.8) is 0 Å². The summed E-state index contributed by atoms with van der Waals surface area (Å²) in [7, 11) is 2.10. The number of rotatable bonds is 5. The van der Waals surface area contributed by atoms with Crippen LogP contribution in [0.5, 0.6) is 0 Å². The predicted molar refractivity (Wildman–Crippen MR) is 97.1 cm³/mol. The summed E-state index contributed by atoms with van der Waals surface area (Å²) in [5.41, 5.74) is 1.76. The van der Waals surface area contributed by atoms with Crippen molar-refractivity contribution in [2.45, 2.75) is 32.2 Å². The number of benzene rings is 1. The third kappa shape index (κ3) is 4.35. The normalized spacial score (nSPS) is 15.8. The molecule has 1 aliphatic rings. The number of hydrogen-bond acceptors (Lipinski definition) is 5. The minimum absolute atomic E-state index is 0.0453. The van der Waals surface area contributed by atoms with Crippen LogP contribution < -0.4 is 5.32 Å². The van der Waals surface area contributed by atoms with Crippen LogP contribution in [0.25, 0.3) is 0 Å². The second kappa shape index (κ2) is 7.78. The van der Waals surface area contributed by atoms with Crippen molar-refractivity contribution in [1.29, 1.82) is 0 Å². The van der Waals surface area contributed by atoms with Gasteiger partial charge in [0, 0.05) is 12.5 Å². The number of aromatic nitrogens is 2. The fraction of sp³-hybridized carbons (Fsp3) is 0.421. The molecule has 2 N–H and O–H groups in total. The van der Waals surface area contributed by atoms with Crippen LogP contribution in [0, 0.1) is 12.7 Å². The summed E-state index contributed by atoms with van der Waals surface area (Å²) in [5, 5.41) is 12.8. The molecule has 1 aromatic carbocycles. The van der Waals surface area contributed by atoms with Crippen molar-refractivity contribution in [2.24, 2.45) is 0 Å². The Hall–Kier alpha value is -2.54. The van der Waals surface area contributed by atoms with E-state index < -0.39 is 5.97 Å². The number of carbonyl (C=O) groups is 1. The number of aromatic carboxylic acids is 1. The maximum absolute atomic E-state index is 13.1. The van der Waals surface area contributed by atoms with Gasteiger partial charge in [-0.25, -0.2) is 19.2 Å². The number of piperidine rings is 1. The van der Waals surface area contributed by atoms with Crippen molar-refractivity contribution in [3.8, 4) is 0 Å². The van der Waals surface area contributed by atoms with Gasteiger partial charge in [0.05, 0.1) is 11.4 Å². The highest BCUT2D eigenvalue weighted by Crippen LogP contribution is 2.21. The van der Waals surface area contributed by atoms with Crippen LogP contribution in [-0.2, 0) is 6.42 Å². The molecule has 0 atom stereocenters. The van der Waals surface area contributed by atoms with E-state index in [2.05, 4.69) is 27.2 Å². The summed E-state index contributed by atoms with van der Waals surface area (Å²) >= 11 is 0. The van der Waals surface area contributed by atoms with Gasteiger partial charge >= 0.3 is 5.97 Å². The second-order valence-corrected chi connectivity index (χ2v) is 6.78. The number of anilines is 1. The fourth-order valence-corrected chi connectivity index (χ4v) is 3.14. The maximum atomic E-state index is 13.1. The van der Waals surface area contributed by atoms with Crippen LogP contribution in [0.4, 0.5) is 10.2 Å². The fourth-order valence-electron chi connectivity index (χ4n) is 3.14.